The number of alkyl halides is 1. The molecule has 0 nitrogen and oxygen atoms in total. The molecule has 1 unspecified atom stereocenters. The molecule has 0 rings (SSSR count). The minimum Gasteiger partial charge on any atom is -0.123 e. The fourth-order valence-corrected chi connectivity index (χ4v) is 1.12. The van der Waals surface area contributed by atoms with Gasteiger partial charge in [0.2, 0.25) is 0 Å². The molecule has 0 aliphatic heterocycles. The molecule has 0 radical (unpaired) electrons. The summed E-state index contributed by atoms with van der Waals surface area (Å²) in [4.78, 5) is 0. The van der Waals surface area contributed by atoms with Crippen molar-refractivity contribution in [3.63, 3.8) is 0 Å². The van der Waals surface area contributed by atoms with Gasteiger partial charge in [0.1, 0.15) is 0 Å². The first-order valence-corrected chi connectivity index (χ1v) is 5.14. The zero-order valence-corrected chi connectivity index (χ0v) is 9.63. The van der Waals surface area contributed by atoms with Crippen LogP contribution in [0.1, 0.15) is 33.6 Å². The van der Waals surface area contributed by atoms with Gasteiger partial charge < -0.3 is 0 Å². The van der Waals surface area contributed by atoms with Crippen molar-refractivity contribution in [2.24, 2.45) is 0 Å². The molecule has 0 amide bonds. The largest absolute Gasteiger partial charge is 0.123 e. The van der Waals surface area contributed by atoms with Gasteiger partial charge >= 0.3 is 0 Å². The highest BCUT2D eigenvalue weighted by Crippen LogP contribution is 2.37. The van der Waals surface area contributed by atoms with Crippen LogP contribution in [0.25, 0.3) is 0 Å². The van der Waals surface area contributed by atoms with Gasteiger partial charge in [-0.1, -0.05) is 26.7 Å². The molecule has 0 aliphatic rings. The lowest BCUT2D eigenvalue weighted by molar-refractivity contribution is 0.511. The van der Waals surface area contributed by atoms with Gasteiger partial charge in [-0.3, -0.25) is 0 Å². The average Bonchev–Trinajstić information content (AvgIpc) is 1.86. The second-order valence-corrected chi connectivity index (χ2v) is 5.62. The van der Waals surface area contributed by atoms with E-state index < -0.39 is 0 Å². The second-order valence-electron chi connectivity index (χ2n) is 2.98. The predicted octanol–water partition coefficient (Wildman–Crippen LogP) is 1.96. The van der Waals surface area contributed by atoms with Crippen molar-refractivity contribution in [3.05, 3.63) is 0 Å². The molecule has 0 saturated heterocycles. The minimum atomic E-state index is 0.360. The normalized spacial score (nSPS) is 16.0. The second kappa shape index (κ2) is 3.62. The molecule has 9 heavy (non-hydrogen) atoms. The van der Waals surface area contributed by atoms with Crippen LogP contribution in [-0.4, -0.2) is 15.6 Å². The summed E-state index contributed by atoms with van der Waals surface area (Å²) in [6.45, 7) is 6.58. The van der Waals surface area contributed by atoms with Crippen molar-refractivity contribution in [2.45, 2.75) is 44.0 Å². The maximum Gasteiger partial charge on any atom is 0.0331 e. The third-order valence-electron chi connectivity index (χ3n) is 2.58. The molecule has 0 aliphatic carbocycles. The average molecular weight is 165 g/mol. The van der Waals surface area contributed by atoms with E-state index in [0.717, 1.165) is 0 Å². The third-order valence-corrected chi connectivity index (χ3v) is 5.75. The summed E-state index contributed by atoms with van der Waals surface area (Å²) in [5.74, 6) is 0. The zero-order chi connectivity index (χ0) is 7.49. The Morgan fingerprint density at radius 3 is 1.78 bits per heavy atom. The van der Waals surface area contributed by atoms with Crippen molar-refractivity contribution in [3.8, 4) is 0 Å². The van der Waals surface area contributed by atoms with E-state index in [1.807, 2.05) is 0 Å². The fraction of sp³-hybridized carbons (Fsp3) is 1.00. The summed E-state index contributed by atoms with van der Waals surface area (Å²) in [6.07, 6.45) is 2.47. The maximum atomic E-state index is 6.02. The van der Waals surface area contributed by atoms with Crippen LogP contribution in [0.4, 0.5) is 0 Å². The third kappa shape index (κ3) is 2.30. The van der Waals surface area contributed by atoms with Crippen LogP contribution in [-0.2, 0) is 0 Å². The molecule has 0 aromatic heterocycles. The molecular formula is C7H17ClSi. The quantitative estimate of drug-likeness (QED) is 0.442. The predicted molar refractivity (Wildman–Crippen MR) is 48.5 cm³/mol. The van der Waals surface area contributed by atoms with E-state index in [9.17, 15) is 0 Å². The van der Waals surface area contributed by atoms with E-state index in [0.29, 0.717) is 10.4 Å². The van der Waals surface area contributed by atoms with E-state index in [1.54, 1.807) is 0 Å². The van der Waals surface area contributed by atoms with E-state index in [2.05, 4.69) is 20.8 Å². The maximum absolute atomic E-state index is 6.02. The first-order chi connectivity index (χ1) is 4.06. The van der Waals surface area contributed by atoms with Crippen LogP contribution >= 0.6 is 11.6 Å². The van der Waals surface area contributed by atoms with Crippen LogP contribution in [0.2, 0.25) is 5.04 Å². The molecule has 0 aromatic carbocycles. The monoisotopic (exact) mass is 164 g/mol. The summed E-state index contributed by atoms with van der Waals surface area (Å²) in [5, 5.41) is 0.848. The van der Waals surface area contributed by atoms with E-state index in [1.165, 1.54) is 23.1 Å². The number of halogens is 1. The van der Waals surface area contributed by atoms with Crippen LogP contribution in [0, 0.1) is 0 Å². The molecule has 0 spiro atoms. The summed E-state index contributed by atoms with van der Waals surface area (Å²) >= 11 is 6.02. The number of hydrogen-bond donors (Lipinski definition) is 0. The molecule has 0 saturated carbocycles. The van der Waals surface area contributed by atoms with E-state index >= 15 is 0 Å². The Labute approximate surface area is 66.4 Å². The summed E-state index contributed by atoms with van der Waals surface area (Å²) in [6, 6.07) is 0. The summed E-state index contributed by atoms with van der Waals surface area (Å²) in [7, 11) is 1.22. The molecule has 2 heteroatoms. The Morgan fingerprint density at radius 1 is 1.44 bits per heavy atom. The molecule has 0 aromatic rings. The molecule has 0 bridgehead atoms. The van der Waals surface area contributed by atoms with Crippen LogP contribution < -0.4 is 0 Å². The number of rotatable bonds is 3. The zero-order valence-electron chi connectivity index (χ0n) is 6.87. The lowest BCUT2D eigenvalue weighted by Crippen LogP contribution is -2.20. The summed E-state index contributed by atoms with van der Waals surface area (Å²) in [5.41, 5.74) is 0. The SMILES string of the molecule is CCC([SiH3])(CC)C(C)Cl. The first-order valence-electron chi connectivity index (χ1n) is 3.71. The topological polar surface area (TPSA) is 0 Å². The fourth-order valence-electron chi connectivity index (χ4n) is 0.813. The van der Waals surface area contributed by atoms with Gasteiger partial charge in [-0.25, -0.2) is 0 Å². The molecule has 56 valence electrons. The smallest absolute Gasteiger partial charge is 0.0331 e. The first kappa shape index (κ1) is 9.51. The molecule has 0 heterocycles. The lowest BCUT2D eigenvalue weighted by Gasteiger charge is -2.29. The summed E-state index contributed by atoms with van der Waals surface area (Å²) < 4.78 is 0. The highest BCUT2D eigenvalue weighted by atomic mass is 35.5. The van der Waals surface area contributed by atoms with Gasteiger partial charge in [-0.15, -0.1) is 11.6 Å². The highest BCUT2D eigenvalue weighted by molar-refractivity contribution is 6.28. The van der Waals surface area contributed by atoms with Crippen molar-refractivity contribution in [1.82, 2.24) is 0 Å². The Kier molecular flexibility index (Phi) is 3.82. The highest BCUT2D eigenvalue weighted by Gasteiger charge is 2.24. The van der Waals surface area contributed by atoms with Crippen LogP contribution in [0.3, 0.4) is 0 Å². The van der Waals surface area contributed by atoms with Crippen molar-refractivity contribution in [2.75, 3.05) is 0 Å². The van der Waals surface area contributed by atoms with Gasteiger partial charge in [0.15, 0.2) is 0 Å². The van der Waals surface area contributed by atoms with Gasteiger partial charge in [0, 0.05) is 15.6 Å². The Morgan fingerprint density at radius 2 is 1.78 bits per heavy atom. The Bertz CT molecular complexity index is 77.0. The minimum absolute atomic E-state index is 0.360. The molecule has 0 N–H and O–H groups in total. The Hall–Kier alpha value is 0.507. The standard InChI is InChI=1S/C7H17ClSi/c1-4-7(9,5-2)6(3)8/h6H,4-5H2,1-3,9H3. The van der Waals surface area contributed by atoms with Crippen molar-refractivity contribution < 1.29 is 0 Å². The van der Waals surface area contributed by atoms with Gasteiger partial charge in [-0.2, -0.15) is 0 Å². The molecule has 1 atom stereocenters. The molecular weight excluding hydrogens is 148 g/mol. The molecule has 0 fully saturated rings. The van der Waals surface area contributed by atoms with Crippen molar-refractivity contribution >= 4 is 21.8 Å². The van der Waals surface area contributed by atoms with E-state index in [4.69, 9.17) is 11.6 Å². The van der Waals surface area contributed by atoms with Gasteiger partial charge in [0.05, 0.1) is 0 Å². The van der Waals surface area contributed by atoms with Gasteiger partial charge in [0.25, 0.3) is 0 Å². The number of hydrogen-bond acceptors (Lipinski definition) is 0. The lowest BCUT2D eigenvalue weighted by atomic mass is 9.98. The van der Waals surface area contributed by atoms with Crippen LogP contribution in [0.15, 0.2) is 0 Å². The van der Waals surface area contributed by atoms with Gasteiger partial charge in [-0.05, 0) is 12.0 Å². The van der Waals surface area contributed by atoms with Crippen molar-refractivity contribution in [1.29, 1.82) is 0 Å². The van der Waals surface area contributed by atoms with E-state index in [-0.39, 0.29) is 0 Å². The Balaban J connectivity index is 3.92. The van der Waals surface area contributed by atoms with Crippen LogP contribution in [0.5, 0.6) is 0 Å².